The molecule has 0 saturated heterocycles. The minimum atomic E-state index is -4.38. The van der Waals surface area contributed by atoms with Gasteiger partial charge in [-0.15, -0.1) is 0 Å². The number of aromatic nitrogens is 2. The quantitative estimate of drug-likeness (QED) is 0.802. The average molecular weight is 310 g/mol. The van der Waals surface area contributed by atoms with Crippen molar-refractivity contribution < 1.29 is 18.3 Å². The third-order valence-corrected chi connectivity index (χ3v) is 2.75. The van der Waals surface area contributed by atoms with Gasteiger partial charge in [-0.2, -0.15) is 18.3 Å². The lowest BCUT2D eigenvalue weighted by atomic mass is 10.2. The predicted octanol–water partition coefficient (Wildman–Crippen LogP) is 5.09. The number of hydrogen-bond acceptors (Lipinski definition) is 2. The molecule has 118 valence electrons. The van der Waals surface area contributed by atoms with Gasteiger partial charge in [0.1, 0.15) is 5.76 Å². The number of rotatable bonds is 3. The van der Waals surface area contributed by atoms with E-state index in [0.29, 0.717) is 16.9 Å². The van der Waals surface area contributed by atoms with Crippen LogP contribution in [0.2, 0.25) is 0 Å². The zero-order valence-electron chi connectivity index (χ0n) is 12.4. The predicted molar refractivity (Wildman–Crippen MR) is 81.7 cm³/mol. The third-order valence-electron chi connectivity index (χ3n) is 2.75. The first kappa shape index (κ1) is 17.6. The second-order valence-electron chi connectivity index (χ2n) is 4.05. The number of alkyl halides is 3. The highest BCUT2D eigenvalue weighted by Gasteiger charge is 2.30. The number of aliphatic hydroxyl groups excluding tert-OH is 1. The zero-order valence-corrected chi connectivity index (χ0v) is 12.4. The molecule has 1 aromatic heterocycles. The smallest absolute Gasteiger partial charge is 0.416 e. The van der Waals surface area contributed by atoms with Crippen molar-refractivity contribution in [1.29, 1.82) is 0 Å². The van der Waals surface area contributed by atoms with E-state index >= 15 is 0 Å². The summed E-state index contributed by atoms with van der Waals surface area (Å²) in [6, 6.07) is 4.54. The second-order valence-corrected chi connectivity index (χ2v) is 4.05. The van der Waals surface area contributed by atoms with Gasteiger partial charge >= 0.3 is 6.18 Å². The van der Waals surface area contributed by atoms with E-state index in [-0.39, 0.29) is 5.76 Å². The first-order valence-electron chi connectivity index (χ1n) is 6.61. The summed E-state index contributed by atoms with van der Waals surface area (Å²) in [5.41, 5.74) is 0.526. The molecule has 0 spiro atoms. The van der Waals surface area contributed by atoms with Gasteiger partial charge in [-0.05, 0) is 30.3 Å². The summed E-state index contributed by atoms with van der Waals surface area (Å²) < 4.78 is 38.9. The molecule has 0 atom stereocenters. The summed E-state index contributed by atoms with van der Waals surface area (Å²) in [4.78, 5) is 0. The molecular weight excluding hydrogens is 293 g/mol. The minimum absolute atomic E-state index is 0.182. The molecule has 0 aliphatic rings. The van der Waals surface area contributed by atoms with Crippen molar-refractivity contribution in [2.45, 2.75) is 20.0 Å². The molecular formula is C16H17F3N2O. The van der Waals surface area contributed by atoms with Crippen molar-refractivity contribution in [3.63, 3.8) is 0 Å². The fraction of sp³-hybridized carbons (Fsp3) is 0.188. The fourth-order valence-corrected chi connectivity index (χ4v) is 1.77. The van der Waals surface area contributed by atoms with E-state index in [1.54, 1.807) is 0 Å². The molecule has 2 rings (SSSR count). The molecule has 1 heterocycles. The van der Waals surface area contributed by atoms with Gasteiger partial charge < -0.3 is 5.11 Å². The van der Waals surface area contributed by atoms with E-state index in [4.69, 9.17) is 0 Å². The number of hydrogen-bond donors (Lipinski definition) is 1. The monoisotopic (exact) mass is 310 g/mol. The van der Waals surface area contributed by atoms with Crippen molar-refractivity contribution in [1.82, 2.24) is 9.78 Å². The standard InChI is InChI=1S/C14H11F3N2O.C2H6/c1-3-13-12(9(2)20)8-18-19(13)11-6-4-10(5-7-11)14(15,16)17;1-2/h3-8,20H,1-2H2;1-2H3. The number of halogens is 3. The van der Waals surface area contributed by atoms with E-state index in [9.17, 15) is 18.3 Å². The lowest BCUT2D eigenvalue weighted by Gasteiger charge is -2.09. The highest BCUT2D eigenvalue weighted by atomic mass is 19.4. The van der Waals surface area contributed by atoms with Crippen LogP contribution in [0.25, 0.3) is 17.5 Å². The van der Waals surface area contributed by atoms with Crippen molar-refractivity contribution in [3.05, 3.63) is 60.4 Å². The van der Waals surface area contributed by atoms with E-state index in [1.807, 2.05) is 13.8 Å². The average Bonchev–Trinajstić information content (AvgIpc) is 2.92. The highest BCUT2D eigenvalue weighted by molar-refractivity contribution is 5.66. The van der Waals surface area contributed by atoms with Crippen LogP contribution < -0.4 is 0 Å². The second kappa shape index (κ2) is 6.98. The summed E-state index contributed by atoms with van der Waals surface area (Å²) in [6.45, 7) is 11.0. The Bertz CT molecular complexity index is 655. The van der Waals surface area contributed by atoms with Crippen LogP contribution in [0.3, 0.4) is 0 Å². The Morgan fingerprint density at radius 3 is 2.18 bits per heavy atom. The van der Waals surface area contributed by atoms with E-state index in [0.717, 1.165) is 12.1 Å². The normalized spacial score (nSPS) is 10.6. The summed E-state index contributed by atoms with van der Waals surface area (Å²) >= 11 is 0. The van der Waals surface area contributed by atoms with Gasteiger partial charge in [0.05, 0.1) is 28.7 Å². The largest absolute Gasteiger partial charge is 0.508 e. The molecule has 0 unspecified atom stereocenters. The summed E-state index contributed by atoms with van der Waals surface area (Å²) in [6.07, 6.45) is -1.56. The van der Waals surface area contributed by atoms with Crippen molar-refractivity contribution in [3.8, 4) is 5.69 Å². The van der Waals surface area contributed by atoms with Crippen LogP contribution in [-0.4, -0.2) is 14.9 Å². The van der Waals surface area contributed by atoms with Gasteiger partial charge in [0.15, 0.2) is 0 Å². The first-order valence-corrected chi connectivity index (χ1v) is 6.61. The Kier molecular flexibility index (Phi) is 5.56. The van der Waals surface area contributed by atoms with E-state index in [1.165, 1.54) is 29.1 Å². The summed E-state index contributed by atoms with van der Waals surface area (Å²) in [7, 11) is 0. The maximum Gasteiger partial charge on any atom is 0.416 e. The maximum absolute atomic E-state index is 12.5. The lowest BCUT2D eigenvalue weighted by molar-refractivity contribution is -0.137. The molecule has 3 nitrogen and oxygen atoms in total. The highest BCUT2D eigenvalue weighted by Crippen LogP contribution is 2.30. The molecule has 0 bridgehead atoms. The molecule has 0 aliphatic heterocycles. The Morgan fingerprint density at radius 1 is 1.23 bits per heavy atom. The summed E-state index contributed by atoms with van der Waals surface area (Å²) in [5, 5.41) is 13.4. The molecule has 6 heteroatoms. The summed E-state index contributed by atoms with van der Waals surface area (Å²) in [5.74, 6) is -0.182. The van der Waals surface area contributed by atoms with Gasteiger partial charge in [0, 0.05) is 0 Å². The van der Waals surface area contributed by atoms with Gasteiger partial charge in [-0.3, -0.25) is 0 Å². The van der Waals surface area contributed by atoms with Gasteiger partial charge in [0.2, 0.25) is 0 Å². The molecule has 0 radical (unpaired) electrons. The number of aliphatic hydroxyl groups is 1. The van der Waals surface area contributed by atoms with Gasteiger partial charge in [0.25, 0.3) is 0 Å². The van der Waals surface area contributed by atoms with E-state index < -0.39 is 11.7 Å². The zero-order chi connectivity index (χ0) is 16.9. The fourth-order valence-electron chi connectivity index (χ4n) is 1.77. The van der Waals surface area contributed by atoms with Crippen LogP contribution in [0.4, 0.5) is 13.2 Å². The molecule has 1 N–H and O–H groups in total. The van der Waals surface area contributed by atoms with Crippen LogP contribution in [0.15, 0.2) is 43.6 Å². The van der Waals surface area contributed by atoms with Crippen LogP contribution >= 0.6 is 0 Å². The topological polar surface area (TPSA) is 38.1 Å². The SMILES string of the molecule is C=Cc1c(C(=C)O)cnn1-c1ccc(C(F)(F)F)cc1.CC. The first-order chi connectivity index (χ1) is 10.3. The Hall–Kier alpha value is -2.50. The maximum atomic E-state index is 12.5. The Morgan fingerprint density at radius 2 is 1.77 bits per heavy atom. The van der Waals surface area contributed by atoms with Crippen molar-refractivity contribution in [2.75, 3.05) is 0 Å². The molecule has 1 aromatic carbocycles. The number of nitrogens with zero attached hydrogens (tertiary/aromatic N) is 2. The number of benzene rings is 1. The molecule has 22 heavy (non-hydrogen) atoms. The molecule has 2 aromatic rings. The van der Waals surface area contributed by atoms with Crippen molar-refractivity contribution >= 4 is 11.8 Å². The Balaban J connectivity index is 0.00000116. The van der Waals surface area contributed by atoms with Gasteiger partial charge in [-0.1, -0.05) is 27.0 Å². The van der Waals surface area contributed by atoms with Crippen LogP contribution in [0.5, 0.6) is 0 Å². The van der Waals surface area contributed by atoms with E-state index in [2.05, 4.69) is 18.3 Å². The van der Waals surface area contributed by atoms with Crippen LogP contribution in [-0.2, 0) is 6.18 Å². The molecule has 0 amide bonds. The minimum Gasteiger partial charge on any atom is -0.508 e. The molecule has 0 fully saturated rings. The third kappa shape index (κ3) is 3.58. The van der Waals surface area contributed by atoms with Crippen LogP contribution in [0.1, 0.15) is 30.7 Å². The van der Waals surface area contributed by atoms with Crippen molar-refractivity contribution in [2.24, 2.45) is 0 Å². The molecule has 0 aliphatic carbocycles. The molecule has 0 saturated carbocycles. The Labute approximate surface area is 127 Å². The lowest BCUT2D eigenvalue weighted by Crippen LogP contribution is -2.06. The van der Waals surface area contributed by atoms with Gasteiger partial charge in [-0.25, -0.2) is 4.68 Å². The van der Waals surface area contributed by atoms with Crippen LogP contribution in [0, 0.1) is 0 Å².